The second-order valence-electron chi connectivity index (χ2n) is 4.51. The maximum atomic E-state index is 13.4. The minimum Gasteiger partial charge on any atom is -0.358 e. The van der Waals surface area contributed by atoms with Gasteiger partial charge in [0.15, 0.2) is 5.78 Å². The van der Waals surface area contributed by atoms with Crippen LogP contribution in [0.1, 0.15) is 21.6 Å². The van der Waals surface area contributed by atoms with E-state index in [0.717, 1.165) is 11.2 Å². The van der Waals surface area contributed by atoms with Gasteiger partial charge in [-0.15, -0.1) is 0 Å². The van der Waals surface area contributed by atoms with Gasteiger partial charge in [-0.05, 0) is 25.1 Å². The van der Waals surface area contributed by atoms with Crippen LogP contribution in [0.5, 0.6) is 0 Å². The van der Waals surface area contributed by atoms with E-state index in [1.54, 1.807) is 18.2 Å². The van der Waals surface area contributed by atoms with Crippen molar-refractivity contribution in [1.29, 1.82) is 0 Å². The molecule has 19 heavy (non-hydrogen) atoms. The second kappa shape index (κ2) is 4.35. The van der Waals surface area contributed by atoms with Crippen LogP contribution in [-0.2, 0) is 0 Å². The van der Waals surface area contributed by atoms with E-state index in [9.17, 15) is 9.18 Å². The molecule has 0 spiro atoms. The molecule has 0 saturated carbocycles. The summed E-state index contributed by atoms with van der Waals surface area (Å²) in [6.07, 6.45) is 0. The molecule has 0 amide bonds. The van der Waals surface area contributed by atoms with Gasteiger partial charge >= 0.3 is 0 Å². The summed E-state index contributed by atoms with van der Waals surface area (Å²) < 4.78 is 13.4. The normalized spacial score (nSPS) is 10.8. The van der Waals surface area contributed by atoms with Crippen LogP contribution in [0.25, 0.3) is 10.9 Å². The summed E-state index contributed by atoms with van der Waals surface area (Å²) in [6, 6.07) is 13.5. The van der Waals surface area contributed by atoms with Crippen LogP contribution < -0.4 is 0 Å². The van der Waals surface area contributed by atoms with Crippen LogP contribution in [0.15, 0.2) is 48.5 Å². The van der Waals surface area contributed by atoms with Gasteiger partial charge in [0.2, 0.25) is 0 Å². The van der Waals surface area contributed by atoms with Crippen LogP contribution in [0.4, 0.5) is 4.39 Å². The average Bonchev–Trinajstić information content (AvgIpc) is 2.74. The Morgan fingerprint density at radius 1 is 1.11 bits per heavy atom. The molecule has 0 atom stereocenters. The summed E-state index contributed by atoms with van der Waals surface area (Å²) in [5.74, 6) is -0.427. The van der Waals surface area contributed by atoms with Crippen molar-refractivity contribution in [2.24, 2.45) is 0 Å². The number of H-pyrrole nitrogens is 1. The molecule has 3 aromatic rings. The third kappa shape index (κ3) is 1.93. The molecule has 1 N–H and O–H groups in total. The van der Waals surface area contributed by atoms with E-state index < -0.39 is 0 Å². The lowest BCUT2D eigenvalue weighted by Gasteiger charge is -2.01. The number of rotatable bonds is 2. The first kappa shape index (κ1) is 11.7. The number of halogens is 1. The summed E-state index contributed by atoms with van der Waals surface area (Å²) in [6.45, 7) is 1.83. The standard InChI is InChI=1S/C16H12FNO/c1-10-15(16(19)11-5-3-2-4-6-11)13-9-12(17)7-8-14(13)18-10/h2-9,18H,1H3. The molecular formula is C16H12FNO. The number of carbonyl (C=O) groups is 1. The van der Waals surface area contributed by atoms with Gasteiger partial charge in [-0.3, -0.25) is 4.79 Å². The van der Waals surface area contributed by atoms with E-state index in [4.69, 9.17) is 0 Å². The van der Waals surface area contributed by atoms with E-state index in [-0.39, 0.29) is 11.6 Å². The maximum Gasteiger partial charge on any atom is 0.195 e. The lowest BCUT2D eigenvalue weighted by atomic mass is 10.0. The van der Waals surface area contributed by atoms with E-state index in [1.165, 1.54) is 12.1 Å². The van der Waals surface area contributed by atoms with Crippen molar-refractivity contribution in [3.63, 3.8) is 0 Å². The molecular weight excluding hydrogens is 241 g/mol. The fourth-order valence-electron chi connectivity index (χ4n) is 2.33. The topological polar surface area (TPSA) is 32.9 Å². The van der Waals surface area contributed by atoms with E-state index in [0.29, 0.717) is 16.5 Å². The number of hydrogen-bond acceptors (Lipinski definition) is 1. The van der Waals surface area contributed by atoms with Crippen LogP contribution in [0, 0.1) is 12.7 Å². The summed E-state index contributed by atoms with van der Waals surface area (Å²) in [5.41, 5.74) is 2.68. The van der Waals surface area contributed by atoms with Crippen LogP contribution in [0.3, 0.4) is 0 Å². The minimum atomic E-state index is -0.339. The van der Waals surface area contributed by atoms with Gasteiger partial charge in [0.05, 0.1) is 5.56 Å². The molecule has 0 fully saturated rings. The van der Waals surface area contributed by atoms with Crippen molar-refractivity contribution in [1.82, 2.24) is 4.98 Å². The third-order valence-corrected chi connectivity index (χ3v) is 3.21. The predicted octanol–water partition coefficient (Wildman–Crippen LogP) is 3.85. The molecule has 2 nitrogen and oxygen atoms in total. The van der Waals surface area contributed by atoms with Gasteiger partial charge in [-0.25, -0.2) is 4.39 Å². The first-order valence-electron chi connectivity index (χ1n) is 6.04. The average molecular weight is 253 g/mol. The quantitative estimate of drug-likeness (QED) is 0.691. The highest BCUT2D eigenvalue weighted by Crippen LogP contribution is 2.25. The number of ketones is 1. The second-order valence-corrected chi connectivity index (χ2v) is 4.51. The monoisotopic (exact) mass is 253 g/mol. The Labute approximate surface area is 109 Å². The first-order valence-corrected chi connectivity index (χ1v) is 6.04. The van der Waals surface area contributed by atoms with Crippen molar-refractivity contribution < 1.29 is 9.18 Å². The Hall–Kier alpha value is -2.42. The van der Waals surface area contributed by atoms with Gasteiger partial charge in [-0.1, -0.05) is 30.3 Å². The Bertz CT molecular complexity index is 759. The van der Waals surface area contributed by atoms with Gasteiger partial charge in [0, 0.05) is 22.2 Å². The Kier molecular flexibility index (Phi) is 2.67. The highest BCUT2D eigenvalue weighted by Gasteiger charge is 2.17. The number of nitrogens with one attached hydrogen (secondary N) is 1. The lowest BCUT2D eigenvalue weighted by Crippen LogP contribution is -2.02. The molecule has 1 aromatic heterocycles. The maximum absolute atomic E-state index is 13.4. The number of fused-ring (bicyclic) bond motifs is 1. The van der Waals surface area contributed by atoms with Gasteiger partial charge in [0.25, 0.3) is 0 Å². The smallest absolute Gasteiger partial charge is 0.195 e. The van der Waals surface area contributed by atoms with Crippen molar-refractivity contribution in [3.8, 4) is 0 Å². The van der Waals surface area contributed by atoms with E-state index in [2.05, 4.69) is 4.98 Å². The SMILES string of the molecule is Cc1[nH]c2ccc(F)cc2c1C(=O)c1ccccc1. The van der Waals surface area contributed by atoms with Crippen molar-refractivity contribution in [2.75, 3.05) is 0 Å². The lowest BCUT2D eigenvalue weighted by molar-refractivity contribution is 0.104. The van der Waals surface area contributed by atoms with Crippen molar-refractivity contribution in [3.05, 3.63) is 71.2 Å². The third-order valence-electron chi connectivity index (χ3n) is 3.21. The molecule has 0 saturated heterocycles. The van der Waals surface area contributed by atoms with Gasteiger partial charge < -0.3 is 4.98 Å². The Morgan fingerprint density at radius 2 is 1.84 bits per heavy atom. The largest absolute Gasteiger partial charge is 0.358 e. The predicted molar refractivity (Wildman–Crippen MR) is 72.9 cm³/mol. The zero-order chi connectivity index (χ0) is 13.4. The van der Waals surface area contributed by atoms with Crippen LogP contribution in [-0.4, -0.2) is 10.8 Å². The molecule has 94 valence electrons. The Balaban J connectivity index is 2.22. The molecule has 1 heterocycles. The Morgan fingerprint density at radius 3 is 2.58 bits per heavy atom. The number of aromatic amines is 1. The fraction of sp³-hybridized carbons (Fsp3) is 0.0625. The summed E-state index contributed by atoms with van der Waals surface area (Å²) in [4.78, 5) is 15.6. The van der Waals surface area contributed by atoms with Crippen molar-refractivity contribution in [2.45, 2.75) is 6.92 Å². The molecule has 0 aliphatic carbocycles. The van der Waals surface area contributed by atoms with E-state index >= 15 is 0 Å². The number of benzene rings is 2. The van der Waals surface area contributed by atoms with Crippen LogP contribution >= 0.6 is 0 Å². The molecule has 3 rings (SSSR count). The minimum absolute atomic E-state index is 0.0880. The number of carbonyl (C=O) groups excluding carboxylic acids is 1. The number of hydrogen-bond donors (Lipinski definition) is 1. The van der Waals surface area contributed by atoms with Crippen LogP contribution in [0.2, 0.25) is 0 Å². The molecule has 0 radical (unpaired) electrons. The molecule has 0 aliphatic rings. The molecule has 0 unspecified atom stereocenters. The molecule has 0 aliphatic heterocycles. The fourth-order valence-corrected chi connectivity index (χ4v) is 2.33. The first-order chi connectivity index (χ1) is 9.16. The van der Waals surface area contributed by atoms with E-state index in [1.807, 2.05) is 25.1 Å². The van der Waals surface area contributed by atoms with Gasteiger partial charge in [0.1, 0.15) is 5.82 Å². The number of aryl methyl sites for hydroxylation is 1. The molecule has 0 bridgehead atoms. The number of aromatic nitrogens is 1. The van der Waals surface area contributed by atoms with Crippen molar-refractivity contribution >= 4 is 16.7 Å². The van der Waals surface area contributed by atoms with Gasteiger partial charge in [-0.2, -0.15) is 0 Å². The zero-order valence-electron chi connectivity index (χ0n) is 10.4. The summed E-state index contributed by atoms with van der Waals surface area (Å²) >= 11 is 0. The highest BCUT2D eigenvalue weighted by atomic mass is 19.1. The zero-order valence-corrected chi connectivity index (χ0v) is 10.4. The molecule has 2 aromatic carbocycles. The molecule has 3 heteroatoms. The highest BCUT2D eigenvalue weighted by molar-refractivity contribution is 6.17. The summed E-state index contributed by atoms with van der Waals surface area (Å²) in [5, 5.41) is 0.631. The summed E-state index contributed by atoms with van der Waals surface area (Å²) in [7, 11) is 0.